The van der Waals surface area contributed by atoms with Crippen LogP contribution < -0.4 is 10.6 Å². The minimum Gasteiger partial charge on any atom is -0.376 e. The van der Waals surface area contributed by atoms with Crippen LogP contribution >= 0.6 is 23.2 Å². The average Bonchev–Trinajstić information content (AvgIpc) is 2.69. The van der Waals surface area contributed by atoms with Crippen molar-refractivity contribution in [2.45, 2.75) is 26.7 Å². The maximum absolute atomic E-state index is 12.6. The fourth-order valence-corrected chi connectivity index (χ4v) is 3.03. The Bertz CT molecular complexity index is 804. The van der Waals surface area contributed by atoms with Crippen LogP contribution in [0.5, 0.6) is 0 Å². The zero-order valence-electron chi connectivity index (χ0n) is 16.1. The van der Waals surface area contributed by atoms with Crippen LogP contribution in [-0.4, -0.2) is 36.3 Å². The quantitative estimate of drug-likeness (QED) is 0.576. The predicted octanol–water partition coefficient (Wildman–Crippen LogP) is 5.31. The Hall–Kier alpha value is -2.24. The van der Waals surface area contributed by atoms with Gasteiger partial charge in [0.25, 0.3) is 5.91 Å². The molecule has 7 heteroatoms. The number of nitrogens with zero attached hydrogens (tertiary/aromatic N) is 1. The van der Waals surface area contributed by atoms with E-state index in [2.05, 4.69) is 24.5 Å². The summed E-state index contributed by atoms with van der Waals surface area (Å²) in [5, 5.41) is 6.67. The summed E-state index contributed by atoms with van der Waals surface area (Å²) in [5.74, 6) is -0.188. The molecule has 0 atom stereocenters. The third kappa shape index (κ3) is 6.43. The summed E-state index contributed by atoms with van der Waals surface area (Å²) >= 11 is 11.8. The largest absolute Gasteiger partial charge is 0.376 e. The van der Waals surface area contributed by atoms with Gasteiger partial charge in [-0.25, -0.2) is 0 Å². The standard InChI is InChI=1S/C21H25Cl2N3O2/c1-3-11-26(12-4-2)21(28)15-5-7-16(8-6-15)25-20(27)14-24-17-9-10-18(22)19(23)13-17/h5-10,13,24H,3-4,11-12,14H2,1-2H3,(H,25,27). The van der Waals surface area contributed by atoms with E-state index in [4.69, 9.17) is 23.2 Å². The van der Waals surface area contributed by atoms with Crippen LogP contribution in [0.25, 0.3) is 0 Å². The van der Waals surface area contributed by atoms with Crippen molar-refractivity contribution >= 4 is 46.4 Å². The lowest BCUT2D eigenvalue weighted by atomic mass is 10.1. The Balaban J connectivity index is 1.91. The van der Waals surface area contributed by atoms with Gasteiger partial charge in [0, 0.05) is 30.0 Å². The van der Waals surface area contributed by atoms with Gasteiger partial charge in [-0.15, -0.1) is 0 Å². The third-order valence-corrected chi connectivity index (χ3v) is 4.80. The van der Waals surface area contributed by atoms with Crippen LogP contribution in [0.2, 0.25) is 10.0 Å². The lowest BCUT2D eigenvalue weighted by Gasteiger charge is -2.21. The van der Waals surface area contributed by atoms with Crippen LogP contribution in [0.3, 0.4) is 0 Å². The van der Waals surface area contributed by atoms with E-state index < -0.39 is 0 Å². The molecular weight excluding hydrogens is 397 g/mol. The molecule has 0 bridgehead atoms. The first-order valence-electron chi connectivity index (χ1n) is 9.32. The fourth-order valence-electron chi connectivity index (χ4n) is 2.73. The van der Waals surface area contributed by atoms with Gasteiger partial charge in [-0.05, 0) is 55.3 Å². The number of hydrogen-bond donors (Lipinski definition) is 2. The summed E-state index contributed by atoms with van der Waals surface area (Å²) < 4.78 is 0. The fraction of sp³-hybridized carbons (Fsp3) is 0.333. The van der Waals surface area contributed by atoms with Gasteiger partial charge in [-0.2, -0.15) is 0 Å². The zero-order chi connectivity index (χ0) is 20.5. The second-order valence-corrected chi connectivity index (χ2v) is 7.21. The first-order valence-corrected chi connectivity index (χ1v) is 10.1. The second-order valence-electron chi connectivity index (χ2n) is 6.40. The van der Waals surface area contributed by atoms with Crippen LogP contribution in [0.4, 0.5) is 11.4 Å². The van der Waals surface area contributed by atoms with Gasteiger partial charge < -0.3 is 15.5 Å². The smallest absolute Gasteiger partial charge is 0.253 e. The van der Waals surface area contributed by atoms with Crippen LogP contribution in [0.1, 0.15) is 37.0 Å². The SMILES string of the molecule is CCCN(CCC)C(=O)c1ccc(NC(=O)CNc2ccc(Cl)c(Cl)c2)cc1. The van der Waals surface area contributed by atoms with Crippen molar-refractivity contribution < 1.29 is 9.59 Å². The van der Waals surface area contributed by atoms with Crippen molar-refractivity contribution in [2.24, 2.45) is 0 Å². The summed E-state index contributed by atoms with van der Waals surface area (Å²) in [6.45, 7) is 5.68. The molecule has 0 aliphatic carbocycles. The van der Waals surface area contributed by atoms with E-state index in [0.717, 1.165) is 25.9 Å². The highest BCUT2D eigenvalue weighted by Gasteiger charge is 2.14. The molecule has 0 fully saturated rings. The van der Waals surface area contributed by atoms with E-state index >= 15 is 0 Å². The lowest BCUT2D eigenvalue weighted by Crippen LogP contribution is -2.32. The molecular formula is C21H25Cl2N3O2. The molecule has 0 saturated heterocycles. The maximum atomic E-state index is 12.6. The number of benzene rings is 2. The molecule has 0 saturated carbocycles. The zero-order valence-corrected chi connectivity index (χ0v) is 17.6. The molecule has 5 nitrogen and oxygen atoms in total. The number of carbonyl (C=O) groups is 2. The molecule has 2 aromatic carbocycles. The molecule has 0 aromatic heterocycles. The number of hydrogen-bond acceptors (Lipinski definition) is 3. The number of halogens is 2. The Morgan fingerprint density at radius 3 is 2.07 bits per heavy atom. The van der Waals surface area contributed by atoms with E-state index in [-0.39, 0.29) is 18.4 Å². The summed E-state index contributed by atoms with van der Waals surface area (Å²) in [4.78, 5) is 26.6. The molecule has 2 aromatic rings. The highest BCUT2D eigenvalue weighted by atomic mass is 35.5. The third-order valence-electron chi connectivity index (χ3n) is 4.06. The topological polar surface area (TPSA) is 61.4 Å². The van der Waals surface area contributed by atoms with Crippen molar-refractivity contribution in [2.75, 3.05) is 30.3 Å². The average molecular weight is 422 g/mol. The summed E-state index contributed by atoms with van der Waals surface area (Å²) in [6.07, 6.45) is 1.84. The van der Waals surface area contributed by atoms with Crippen LogP contribution in [0.15, 0.2) is 42.5 Å². The molecule has 0 aliphatic heterocycles. The summed E-state index contributed by atoms with van der Waals surface area (Å²) in [6, 6.07) is 12.0. The highest BCUT2D eigenvalue weighted by Crippen LogP contribution is 2.24. The number of anilines is 2. The minimum absolute atomic E-state index is 0.0165. The molecule has 2 N–H and O–H groups in total. The summed E-state index contributed by atoms with van der Waals surface area (Å²) in [7, 11) is 0. The Kier molecular flexibility index (Phi) is 8.61. The van der Waals surface area contributed by atoms with Gasteiger partial charge >= 0.3 is 0 Å². The van der Waals surface area contributed by atoms with Crippen LogP contribution in [0, 0.1) is 0 Å². The van der Waals surface area contributed by atoms with E-state index in [1.165, 1.54) is 0 Å². The Morgan fingerprint density at radius 2 is 1.50 bits per heavy atom. The maximum Gasteiger partial charge on any atom is 0.253 e. The predicted molar refractivity (Wildman–Crippen MR) is 117 cm³/mol. The molecule has 0 heterocycles. The first kappa shape index (κ1) is 22.1. The Labute approximate surface area is 176 Å². The van der Waals surface area contributed by atoms with Gasteiger partial charge in [0.05, 0.1) is 16.6 Å². The van der Waals surface area contributed by atoms with E-state index in [1.54, 1.807) is 42.5 Å². The van der Waals surface area contributed by atoms with Crippen molar-refractivity contribution in [3.63, 3.8) is 0 Å². The number of rotatable bonds is 9. The lowest BCUT2D eigenvalue weighted by molar-refractivity contribution is -0.114. The molecule has 2 rings (SSSR count). The number of carbonyl (C=O) groups excluding carboxylic acids is 2. The normalized spacial score (nSPS) is 10.4. The van der Waals surface area contributed by atoms with Gasteiger partial charge in [0.1, 0.15) is 0 Å². The Morgan fingerprint density at radius 1 is 0.893 bits per heavy atom. The number of amides is 2. The summed E-state index contributed by atoms with van der Waals surface area (Å²) in [5.41, 5.74) is 1.96. The second kappa shape index (κ2) is 10.9. The van der Waals surface area contributed by atoms with Crippen molar-refractivity contribution in [3.05, 3.63) is 58.1 Å². The molecule has 0 spiro atoms. The van der Waals surface area contributed by atoms with Gasteiger partial charge in [-0.3, -0.25) is 9.59 Å². The molecule has 28 heavy (non-hydrogen) atoms. The van der Waals surface area contributed by atoms with Gasteiger partial charge in [0.2, 0.25) is 5.91 Å². The minimum atomic E-state index is -0.205. The van der Waals surface area contributed by atoms with Gasteiger partial charge in [-0.1, -0.05) is 37.0 Å². The molecule has 0 unspecified atom stereocenters. The molecule has 2 amide bonds. The van der Waals surface area contributed by atoms with E-state index in [0.29, 0.717) is 27.0 Å². The molecule has 0 radical (unpaired) electrons. The number of nitrogens with one attached hydrogen (secondary N) is 2. The van der Waals surface area contributed by atoms with E-state index in [1.807, 2.05) is 4.90 Å². The van der Waals surface area contributed by atoms with Crippen LogP contribution in [-0.2, 0) is 4.79 Å². The molecule has 150 valence electrons. The van der Waals surface area contributed by atoms with Crippen molar-refractivity contribution in [3.8, 4) is 0 Å². The molecule has 0 aliphatic rings. The van der Waals surface area contributed by atoms with Crippen molar-refractivity contribution in [1.82, 2.24) is 4.90 Å². The van der Waals surface area contributed by atoms with Crippen molar-refractivity contribution in [1.29, 1.82) is 0 Å². The van der Waals surface area contributed by atoms with E-state index in [9.17, 15) is 9.59 Å². The highest BCUT2D eigenvalue weighted by molar-refractivity contribution is 6.42. The van der Waals surface area contributed by atoms with Gasteiger partial charge in [0.15, 0.2) is 0 Å². The first-order chi connectivity index (χ1) is 13.4. The monoisotopic (exact) mass is 421 g/mol.